The second kappa shape index (κ2) is 6.92. The molecule has 112 valence electrons. The fourth-order valence-corrected chi connectivity index (χ4v) is 2.49. The Hall–Kier alpha value is -1.30. The van der Waals surface area contributed by atoms with Crippen molar-refractivity contribution in [3.05, 3.63) is 23.8 Å². The van der Waals surface area contributed by atoms with Crippen molar-refractivity contribution < 1.29 is 19.3 Å². The molecule has 1 N–H and O–H groups in total. The number of aliphatic hydroxyl groups excluding tert-OH is 1. The van der Waals surface area contributed by atoms with Crippen LogP contribution in [0.5, 0.6) is 11.5 Å². The Morgan fingerprint density at radius 2 is 2.20 bits per heavy atom. The van der Waals surface area contributed by atoms with E-state index in [0.717, 1.165) is 25.2 Å². The maximum Gasteiger partial charge on any atom is 0.124 e. The van der Waals surface area contributed by atoms with E-state index in [9.17, 15) is 5.11 Å². The summed E-state index contributed by atoms with van der Waals surface area (Å²) >= 11 is 0. The first-order chi connectivity index (χ1) is 9.65. The Bertz CT molecular complexity index is 432. The quantitative estimate of drug-likeness (QED) is 0.855. The monoisotopic (exact) mass is 281 g/mol. The average Bonchev–Trinajstić information content (AvgIpc) is 3.00. The van der Waals surface area contributed by atoms with Gasteiger partial charge in [-0.3, -0.25) is 4.90 Å². The van der Waals surface area contributed by atoms with Gasteiger partial charge in [-0.1, -0.05) is 0 Å². The highest BCUT2D eigenvalue weighted by atomic mass is 16.5. The number of hydrogen-bond donors (Lipinski definition) is 1. The standard InChI is InChI=1S/C15H23NO4/c1-16(11-6-7-20-10-11)9-14(17)13-8-12(18-2)4-5-15(13)19-3/h4-5,8,11,14,17H,6-7,9-10H2,1-3H3. The van der Waals surface area contributed by atoms with Gasteiger partial charge in [-0.15, -0.1) is 0 Å². The minimum Gasteiger partial charge on any atom is -0.497 e. The normalized spacial score (nSPS) is 20.1. The smallest absolute Gasteiger partial charge is 0.124 e. The van der Waals surface area contributed by atoms with Crippen LogP contribution in [-0.4, -0.2) is 57.1 Å². The molecule has 0 aromatic heterocycles. The molecular weight excluding hydrogens is 258 g/mol. The van der Waals surface area contributed by atoms with E-state index in [1.54, 1.807) is 14.2 Å². The van der Waals surface area contributed by atoms with E-state index in [2.05, 4.69) is 4.90 Å². The first kappa shape index (κ1) is 15.1. The fourth-order valence-electron chi connectivity index (χ4n) is 2.49. The summed E-state index contributed by atoms with van der Waals surface area (Å²) in [6.07, 6.45) is 0.393. The maximum atomic E-state index is 10.5. The molecule has 1 heterocycles. The number of ether oxygens (including phenoxy) is 3. The van der Waals surface area contributed by atoms with Crippen LogP contribution in [0, 0.1) is 0 Å². The summed E-state index contributed by atoms with van der Waals surface area (Å²) in [6.45, 7) is 2.07. The molecule has 20 heavy (non-hydrogen) atoms. The van der Waals surface area contributed by atoms with E-state index in [-0.39, 0.29) is 0 Å². The predicted molar refractivity (Wildman–Crippen MR) is 76.4 cm³/mol. The van der Waals surface area contributed by atoms with Gasteiger partial charge in [-0.25, -0.2) is 0 Å². The molecule has 1 aliphatic heterocycles. The molecule has 0 radical (unpaired) electrons. The van der Waals surface area contributed by atoms with Crippen LogP contribution in [0.15, 0.2) is 18.2 Å². The number of likely N-dealkylation sites (N-methyl/N-ethyl adjacent to an activating group) is 1. The van der Waals surface area contributed by atoms with Gasteiger partial charge in [0.2, 0.25) is 0 Å². The third kappa shape index (κ3) is 3.42. The molecule has 0 amide bonds. The third-order valence-corrected chi connectivity index (χ3v) is 3.79. The van der Waals surface area contributed by atoms with E-state index in [4.69, 9.17) is 14.2 Å². The molecule has 5 nitrogen and oxygen atoms in total. The first-order valence-corrected chi connectivity index (χ1v) is 6.83. The van der Waals surface area contributed by atoms with Crippen molar-refractivity contribution in [2.24, 2.45) is 0 Å². The molecule has 2 atom stereocenters. The third-order valence-electron chi connectivity index (χ3n) is 3.79. The molecule has 0 spiro atoms. The topological polar surface area (TPSA) is 51.2 Å². The van der Waals surface area contributed by atoms with Crippen LogP contribution in [0.1, 0.15) is 18.1 Å². The summed E-state index contributed by atoms with van der Waals surface area (Å²) < 4.78 is 15.9. The van der Waals surface area contributed by atoms with Crippen LogP contribution in [0.2, 0.25) is 0 Å². The SMILES string of the molecule is COc1ccc(OC)c(C(O)CN(C)C2CCOC2)c1. The Morgan fingerprint density at radius 1 is 1.40 bits per heavy atom. The second-order valence-electron chi connectivity index (χ2n) is 5.08. The molecule has 0 aliphatic carbocycles. The summed E-state index contributed by atoms with van der Waals surface area (Å²) in [5.41, 5.74) is 0.748. The lowest BCUT2D eigenvalue weighted by Crippen LogP contribution is -2.35. The van der Waals surface area contributed by atoms with Crippen LogP contribution >= 0.6 is 0 Å². The van der Waals surface area contributed by atoms with Crippen LogP contribution < -0.4 is 9.47 Å². The van der Waals surface area contributed by atoms with E-state index in [1.165, 1.54) is 0 Å². The van der Waals surface area contributed by atoms with Crippen LogP contribution in [0.3, 0.4) is 0 Å². The maximum absolute atomic E-state index is 10.5. The minimum absolute atomic E-state index is 0.376. The molecular formula is C15H23NO4. The lowest BCUT2D eigenvalue weighted by atomic mass is 10.1. The number of hydrogen-bond acceptors (Lipinski definition) is 5. The van der Waals surface area contributed by atoms with Gasteiger partial charge in [-0.05, 0) is 31.7 Å². The molecule has 2 unspecified atom stereocenters. The molecule has 2 rings (SSSR count). The van der Waals surface area contributed by atoms with Gasteiger partial charge in [0.15, 0.2) is 0 Å². The molecule has 1 aromatic rings. The number of nitrogens with zero attached hydrogens (tertiary/aromatic N) is 1. The number of methoxy groups -OCH3 is 2. The molecule has 5 heteroatoms. The van der Waals surface area contributed by atoms with Gasteiger partial charge < -0.3 is 19.3 Å². The molecule has 1 aromatic carbocycles. The van der Waals surface area contributed by atoms with Gasteiger partial charge in [0.25, 0.3) is 0 Å². The van der Waals surface area contributed by atoms with Gasteiger partial charge >= 0.3 is 0 Å². The lowest BCUT2D eigenvalue weighted by molar-refractivity contribution is 0.0932. The van der Waals surface area contributed by atoms with Crippen LogP contribution in [0.4, 0.5) is 0 Å². The summed E-state index contributed by atoms with van der Waals surface area (Å²) in [5.74, 6) is 1.39. The zero-order valence-corrected chi connectivity index (χ0v) is 12.3. The van der Waals surface area contributed by atoms with Gasteiger partial charge in [0.1, 0.15) is 11.5 Å². The predicted octanol–water partition coefficient (Wildman–Crippen LogP) is 1.46. The Labute approximate surface area is 120 Å². The van der Waals surface area contributed by atoms with E-state index in [0.29, 0.717) is 24.1 Å². The van der Waals surface area contributed by atoms with Crippen molar-refractivity contribution in [2.45, 2.75) is 18.6 Å². The molecule has 0 saturated carbocycles. The Kier molecular flexibility index (Phi) is 5.23. The number of rotatable bonds is 6. The average molecular weight is 281 g/mol. The molecule has 1 fully saturated rings. The Morgan fingerprint density at radius 3 is 2.80 bits per heavy atom. The van der Waals surface area contributed by atoms with E-state index >= 15 is 0 Å². The Balaban J connectivity index is 2.08. The highest BCUT2D eigenvalue weighted by Gasteiger charge is 2.24. The zero-order valence-electron chi connectivity index (χ0n) is 12.3. The molecule has 1 saturated heterocycles. The van der Waals surface area contributed by atoms with Crippen molar-refractivity contribution in [3.8, 4) is 11.5 Å². The van der Waals surface area contributed by atoms with Gasteiger partial charge in [-0.2, -0.15) is 0 Å². The highest BCUT2D eigenvalue weighted by molar-refractivity contribution is 5.41. The fraction of sp³-hybridized carbons (Fsp3) is 0.600. The summed E-state index contributed by atoms with van der Waals surface area (Å²) in [7, 11) is 5.22. The van der Waals surface area contributed by atoms with E-state index < -0.39 is 6.10 Å². The van der Waals surface area contributed by atoms with Crippen molar-refractivity contribution in [1.29, 1.82) is 0 Å². The first-order valence-electron chi connectivity index (χ1n) is 6.83. The largest absolute Gasteiger partial charge is 0.497 e. The molecule has 0 bridgehead atoms. The van der Waals surface area contributed by atoms with Crippen molar-refractivity contribution in [3.63, 3.8) is 0 Å². The lowest BCUT2D eigenvalue weighted by Gasteiger charge is -2.26. The van der Waals surface area contributed by atoms with Gasteiger partial charge in [0.05, 0.1) is 26.9 Å². The van der Waals surface area contributed by atoms with E-state index in [1.807, 2.05) is 25.2 Å². The highest BCUT2D eigenvalue weighted by Crippen LogP contribution is 2.30. The number of benzene rings is 1. The summed E-state index contributed by atoms with van der Waals surface area (Å²) in [5, 5.41) is 10.5. The minimum atomic E-state index is -0.620. The summed E-state index contributed by atoms with van der Waals surface area (Å²) in [6, 6.07) is 5.84. The molecule has 1 aliphatic rings. The second-order valence-corrected chi connectivity index (χ2v) is 5.08. The van der Waals surface area contributed by atoms with Crippen LogP contribution in [-0.2, 0) is 4.74 Å². The zero-order chi connectivity index (χ0) is 14.5. The van der Waals surface area contributed by atoms with Crippen molar-refractivity contribution in [1.82, 2.24) is 4.90 Å². The number of aliphatic hydroxyl groups is 1. The summed E-state index contributed by atoms with van der Waals surface area (Å²) in [4.78, 5) is 2.14. The van der Waals surface area contributed by atoms with Crippen molar-refractivity contribution >= 4 is 0 Å². The van der Waals surface area contributed by atoms with Crippen molar-refractivity contribution in [2.75, 3.05) is 41.0 Å². The van der Waals surface area contributed by atoms with Gasteiger partial charge in [0, 0.05) is 24.8 Å². The van der Waals surface area contributed by atoms with Crippen LogP contribution in [0.25, 0.3) is 0 Å².